The Morgan fingerprint density at radius 1 is 0.906 bits per heavy atom. The molecular weight excluding hydrogens is 398 g/mol. The van der Waals surface area contributed by atoms with Crippen molar-refractivity contribution >= 4 is 23.6 Å². The average molecular weight is 419 g/mol. The topological polar surface area (TPSA) is 46.6 Å². The van der Waals surface area contributed by atoms with Gasteiger partial charge in [-0.2, -0.15) is 0 Å². The first-order valence-electron chi connectivity index (χ1n) is 11.1. The van der Waals surface area contributed by atoms with E-state index in [0.717, 1.165) is 11.1 Å². The smallest absolute Gasteiger partial charge is 0.271 e. The summed E-state index contributed by atoms with van der Waals surface area (Å²) in [6, 6.07) is 26.5. The summed E-state index contributed by atoms with van der Waals surface area (Å²) in [5, 5.41) is 0. The van der Waals surface area contributed by atoms with Gasteiger partial charge in [-0.1, -0.05) is 84.4 Å². The molecule has 2 bridgehead atoms. The van der Waals surface area contributed by atoms with Gasteiger partial charge in [-0.25, -0.2) is 4.90 Å². The van der Waals surface area contributed by atoms with E-state index >= 15 is 0 Å². The summed E-state index contributed by atoms with van der Waals surface area (Å²) in [6.45, 7) is 1.45. The fourth-order valence-corrected chi connectivity index (χ4v) is 6.67. The molecule has 3 aromatic carbocycles. The lowest BCUT2D eigenvalue weighted by Gasteiger charge is -2.53. The highest BCUT2D eigenvalue weighted by atomic mass is 16.5. The summed E-state index contributed by atoms with van der Waals surface area (Å²) in [5.74, 6) is -0.292. The molecule has 5 atom stereocenters. The lowest BCUT2D eigenvalue weighted by molar-refractivity contribution is -0.251. The van der Waals surface area contributed by atoms with Crippen LogP contribution in [0.4, 0.5) is 5.69 Å². The summed E-state index contributed by atoms with van der Waals surface area (Å²) >= 11 is 0. The lowest BCUT2D eigenvalue weighted by Crippen LogP contribution is -2.64. The first-order valence-corrected chi connectivity index (χ1v) is 11.1. The minimum atomic E-state index is -1.09. The van der Waals surface area contributed by atoms with Gasteiger partial charge in [0.15, 0.2) is 5.60 Å². The summed E-state index contributed by atoms with van der Waals surface area (Å²) in [7, 11) is 0. The van der Waals surface area contributed by atoms with Gasteiger partial charge < -0.3 is 4.74 Å². The van der Waals surface area contributed by atoms with Crippen LogP contribution in [0.15, 0.2) is 84.4 Å². The lowest BCUT2D eigenvalue weighted by atomic mass is 9.65. The number of imide groups is 1. The molecule has 2 heterocycles. The number of carbonyl (C=O) groups is 2. The Hall–Kier alpha value is -3.50. The Labute approximate surface area is 186 Å². The SMILES string of the molecule is CC(=O)N1C(=O)[C@]2(O[C@@H]3[C@H]2[C@@H]2/C(=C/c4ccccc4)[C@H]3c3ccccc32)c2ccccc21. The quantitative estimate of drug-likeness (QED) is 0.571. The molecule has 2 fully saturated rings. The second-order valence-electron chi connectivity index (χ2n) is 9.16. The van der Waals surface area contributed by atoms with Gasteiger partial charge in [0, 0.05) is 30.2 Å². The Bertz CT molecular complexity index is 1340. The molecule has 1 saturated heterocycles. The third-order valence-electron chi connectivity index (χ3n) is 7.73. The molecule has 156 valence electrons. The van der Waals surface area contributed by atoms with Gasteiger partial charge in [-0.05, 0) is 22.8 Å². The van der Waals surface area contributed by atoms with Crippen molar-refractivity contribution in [2.45, 2.75) is 30.5 Å². The molecule has 4 nitrogen and oxygen atoms in total. The Balaban J connectivity index is 1.43. The number of hydrogen-bond acceptors (Lipinski definition) is 3. The highest BCUT2D eigenvalue weighted by Crippen LogP contribution is 2.73. The number of hydrogen-bond donors (Lipinski definition) is 0. The van der Waals surface area contributed by atoms with Crippen molar-refractivity contribution in [3.63, 3.8) is 0 Å². The van der Waals surface area contributed by atoms with E-state index in [1.54, 1.807) is 0 Å². The third-order valence-corrected chi connectivity index (χ3v) is 7.73. The number of fused-ring (bicyclic) bond motifs is 11. The average Bonchev–Trinajstić information content (AvgIpc) is 3.33. The molecule has 0 aromatic heterocycles. The fraction of sp³-hybridized carbons (Fsp3) is 0.214. The normalized spacial score (nSPS) is 32.1. The second kappa shape index (κ2) is 6.05. The van der Waals surface area contributed by atoms with Crippen LogP contribution in [-0.2, 0) is 19.9 Å². The maximum Gasteiger partial charge on any atom is 0.271 e. The Kier molecular flexibility index (Phi) is 3.42. The molecule has 0 radical (unpaired) electrons. The number of ether oxygens (including phenoxy) is 1. The van der Waals surface area contributed by atoms with Crippen LogP contribution in [0.1, 0.15) is 41.0 Å². The van der Waals surface area contributed by atoms with Gasteiger partial charge in [0.2, 0.25) is 5.91 Å². The van der Waals surface area contributed by atoms with E-state index in [-0.39, 0.29) is 35.7 Å². The fourth-order valence-electron chi connectivity index (χ4n) is 6.67. The van der Waals surface area contributed by atoms with Gasteiger partial charge in [-0.3, -0.25) is 9.59 Å². The Morgan fingerprint density at radius 2 is 1.56 bits per heavy atom. The minimum Gasteiger partial charge on any atom is -0.355 e. The number of para-hydroxylation sites is 1. The highest BCUT2D eigenvalue weighted by molar-refractivity contribution is 6.22. The van der Waals surface area contributed by atoms with Crippen LogP contribution in [0.3, 0.4) is 0 Å². The summed E-state index contributed by atoms with van der Waals surface area (Å²) in [6.07, 6.45) is 2.22. The van der Waals surface area contributed by atoms with Gasteiger partial charge in [0.1, 0.15) is 0 Å². The van der Waals surface area contributed by atoms with Gasteiger partial charge in [-0.15, -0.1) is 0 Å². The molecule has 4 aliphatic rings. The van der Waals surface area contributed by atoms with Gasteiger partial charge in [0.25, 0.3) is 5.91 Å². The Morgan fingerprint density at radius 3 is 2.31 bits per heavy atom. The number of carbonyl (C=O) groups excluding carboxylic acids is 2. The van der Waals surface area contributed by atoms with E-state index in [1.807, 2.05) is 42.5 Å². The number of anilines is 1. The molecule has 0 unspecified atom stereocenters. The van der Waals surface area contributed by atoms with Crippen molar-refractivity contribution in [1.82, 2.24) is 0 Å². The van der Waals surface area contributed by atoms with E-state index in [0.29, 0.717) is 5.69 Å². The molecule has 0 N–H and O–H groups in total. The van der Waals surface area contributed by atoms with Crippen molar-refractivity contribution in [2.24, 2.45) is 5.92 Å². The first-order chi connectivity index (χ1) is 15.6. The van der Waals surface area contributed by atoms with Crippen LogP contribution < -0.4 is 4.90 Å². The van der Waals surface area contributed by atoms with Crippen molar-refractivity contribution < 1.29 is 14.3 Å². The zero-order chi connectivity index (χ0) is 21.6. The van der Waals surface area contributed by atoms with Crippen LogP contribution in [0.25, 0.3) is 6.08 Å². The predicted molar refractivity (Wildman–Crippen MR) is 121 cm³/mol. The number of rotatable bonds is 1. The second-order valence-corrected chi connectivity index (χ2v) is 9.16. The molecule has 1 saturated carbocycles. The molecule has 7 rings (SSSR count). The van der Waals surface area contributed by atoms with E-state index in [4.69, 9.17) is 4.74 Å². The van der Waals surface area contributed by atoms with E-state index in [9.17, 15) is 9.59 Å². The van der Waals surface area contributed by atoms with Crippen molar-refractivity contribution in [2.75, 3.05) is 4.90 Å². The van der Waals surface area contributed by atoms with Crippen LogP contribution in [0, 0.1) is 5.92 Å². The molecule has 1 spiro atoms. The number of amides is 2. The summed E-state index contributed by atoms with van der Waals surface area (Å²) in [5.41, 5.74) is 5.46. The van der Waals surface area contributed by atoms with E-state index < -0.39 is 5.60 Å². The molecule has 32 heavy (non-hydrogen) atoms. The standard InChI is InChI=1S/C28H21NO3/c1-16(30)29-22-14-8-7-13-21(22)28(27(29)31)25-23-18-11-5-6-12-19(18)24(26(25)32-28)20(23)15-17-9-3-2-4-10-17/h2-15,23-26H,1H3/b20-15-/t23-,24+,25+,26-,28-/m0/s1. The van der Waals surface area contributed by atoms with Crippen LogP contribution in [0.2, 0.25) is 0 Å². The zero-order valence-corrected chi connectivity index (χ0v) is 17.6. The highest BCUT2D eigenvalue weighted by Gasteiger charge is 2.76. The largest absolute Gasteiger partial charge is 0.355 e. The van der Waals surface area contributed by atoms with E-state index in [1.165, 1.54) is 28.5 Å². The van der Waals surface area contributed by atoms with Crippen molar-refractivity contribution in [1.29, 1.82) is 0 Å². The van der Waals surface area contributed by atoms with Crippen LogP contribution in [-0.4, -0.2) is 17.9 Å². The molecule has 4 heteroatoms. The molecule has 2 amide bonds. The summed E-state index contributed by atoms with van der Waals surface area (Å²) in [4.78, 5) is 27.5. The van der Waals surface area contributed by atoms with Crippen LogP contribution in [0.5, 0.6) is 0 Å². The first kappa shape index (κ1) is 18.1. The summed E-state index contributed by atoms with van der Waals surface area (Å²) < 4.78 is 6.61. The monoisotopic (exact) mass is 419 g/mol. The molecule has 2 aliphatic carbocycles. The molecule has 3 aromatic rings. The van der Waals surface area contributed by atoms with Gasteiger partial charge in [0.05, 0.1) is 11.8 Å². The number of nitrogens with zero attached hydrogens (tertiary/aromatic N) is 1. The maximum atomic E-state index is 13.8. The van der Waals surface area contributed by atoms with Crippen molar-refractivity contribution in [3.8, 4) is 0 Å². The molecule has 2 aliphatic heterocycles. The predicted octanol–water partition coefficient (Wildman–Crippen LogP) is 4.77. The zero-order valence-electron chi connectivity index (χ0n) is 17.6. The minimum absolute atomic E-state index is 0.0182. The van der Waals surface area contributed by atoms with Gasteiger partial charge >= 0.3 is 0 Å². The molecular formula is C28H21NO3. The van der Waals surface area contributed by atoms with Crippen molar-refractivity contribution in [3.05, 3.63) is 107 Å². The number of benzene rings is 3. The maximum absolute atomic E-state index is 13.8. The van der Waals surface area contributed by atoms with Crippen LogP contribution >= 0.6 is 0 Å². The van der Waals surface area contributed by atoms with E-state index in [2.05, 4.69) is 42.5 Å². The third kappa shape index (κ3) is 1.97.